The summed E-state index contributed by atoms with van der Waals surface area (Å²) < 4.78 is 23.7. The molecular formula is C19H20ClO5P. The van der Waals surface area contributed by atoms with E-state index in [4.69, 9.17) is 21.1 Å². The summed E-state index contributed by atoms with van der Waals surface area (Å²) in [6, 6.07) is 9.45. The molecule has 0 fully saturated rings. The minimum absolute atomic E-state index is 0.108. The number of carbonyl (C=O) groups is 2. The number of benzene rings is 1. The highest BCUT2D eigenvalue weighted by Gasteiger charge is 2.58. The molecular weight excluding hydrogens is 375 g/mol. The summed E-state index contributed by atoms with van der Waals surface area (Å²) in [5, 5.41) is 0.412. The normalized spacial score (nSPS) is 30.0. The second-order valence-electron chi connectivity index (χ2n) is 6.82. The maximum absolute atomic E-state index is 13.9. The highest BCUT2D eigenvalue weighted by Crippen LogP contribution is 2.70. The van der Waals surface area contributed by atoms with Crippen LogP contribution in [-0.4, -0.2) is 38.0 Å². The Balaban J connectivity index is 2.18. The maximum Gasteiger partial charge on any atom is 0.335 e. The lowest BCUT2D eigenvalue weighted by molar-refractivity contribution is -0.140. The average molecular weight is 395 g/mol. The second kappa shape index (κ2) is 6.71. The molecule has 0 radical (unpaired) electrons. The number of methoxy groups -OCH3 is 2. The summed E-state index contributed by atoms with van der Waals surface area (Å²) in [4.78, 5) is 24.9. The Morgan fingerprint density at radius 2 is 1.81 bits per heavy atom. The van der Waals surface area contributed by atoms with Gasteiger partial charge in [0.25, 0.3) is 0 Å². The zero-order valence-electron chi connectivity index (χ0n) is 14.8. The smallest absolute Gasteiger partial charge is 0.335 e. The third kappa shape index (κ3) is 2.83. The van der Waals surface area contributed by atoms with Gasteiger partial charge in [0.2, 0.25) is 0 Å². The molecule has 0 saturated heterocycles. The Morgan fingerprint density at radius 1 is 1.19 bits per heavy atom. The van der Waals surface area contributed by atoms with Crippen molar-refractivity contribution in [2.75, 3.05) is 20.4 Å². The maximum atomic E-state index is 13.9. The molecule has 0 aromatic heterocycles. The summed E-state index contributed by atoms with van der Waals surface area (Å²) in [6.07, 6.45) is 2.18. The molecule has 1 aliphatic carbocycles. The molecule has 26 heavy (non-hydrogen) atoms. The van der Waals surface area contributed by atoms with Gasteiger partial charge in [-0.3, -0.25) is 0 Å². The molecule has 5 nitrogen and oxygen atoms in total. The topological polar surface area (TPSA) is 69.7 Å². The highest BCUT2D eigenvalue weighted by atomic mass is 35.5. The van der Waals surface area contributed by atoms with Gasteiger partial charge >= 0.3 is 11.9 Å². The highest BCUT2D eigenvalue weighted by molar-refractivity contribution is 7.64. The fraction of sp³-hybridized carbons (Fsp3) is 0.368. The minimum Gasteiger partial charge on any atom is -0.466 e. The van der Waals surface area contributed by atoms with Gasteiger partial charge in [0.05, 0.1) is 31.0 Å². The van der Waals surface area contributed by atoms with E-state index in [0.29, 0.717) is 11.2 Å². The number of allylic oxidation sites excluding steroid dienone is 2. The zero-order chi connectivity index (χ0) is 19.1. The molecule has 0 amide bonds. The van der Waals surface area contributed by atoms with Crippen LogP contribution in [0.3, 0.4) is 0 Å². The number of esters is 2. The number of hydrogen-bond donors (Lipinski definition) is 0. The van der Waals surface area contributed by atoms with Crippen LogP contribution in [0, 0.1) is 5.41 Å². The summed E-state index contributed by atoms with van der Waals surface area (Å²) >= 11 is 6.44. The number of ether oxygens (including phenoxy) is 2. The van der Waals surface area contributed by atoms with Gasteiger partial charge in [0.15, 0.2) is 0 Å². The Labute approximate surface area is 157 Å². The molecule has 4 rings (SSSR count). The standard InChI is InChI=1S/C19H20ClO5P/c1-19-11-26(23,10-12-7-5-4-6-8-12)13(9-14(19)20)15(17(21)24-2)16(19)18(22)25-3/h4-9,13H,10-11H2,1-3H3/t13-,19+,26?/m0/s1. The molecule has 1 unspecified atom stereocenters. The predicted molar refractivity (Wildman–Crippen MR) is 99.5 cm³/mol. The SMILES string of the molecule is COC(=O)C1=C(C(=O)OC)[C@]2(C)CP(=O)(Cc3ccccc3)[C@H]1C=C2Cl. The van der Waals surface area contributed by atoms with Gasteiger partial charge in [-0.05, 0) is 12.5 Å². The fourth-order valence-corrected chi connectivity index (χ4v) is 8.27. The Hall–Kier alpha value is -1.84. The zero-order valence-corrected chi connectivity index (χ0v) is 16.5. The van der Waals surface area contributed by atoms with Crippen molar-refractivity contribution in [3.63, 3.8) is 0 Å². The van der Waals surface area contributed by atoms with Crippen molar-refractivity contribution < 1.29 is 23.6 Å². The number of halogens is 1. The van der Waals surface area contributed by atoms with Crippen molar-refractivity contribution >= 4 is 30.7 Å². The van der Waals surface area contributed by atoms with E-state index in [1.165, 1.54) is 14.2 Å². The Bertz CT molecular complexity index is 873. The van der Waals surface area contributed by atoms with E-state index in [9.17, 15) is 14.2 Å². The van der Waals surface area contributed by atoms with Gasteiger partial charge in [-0.1, -0.05) is 48.0 Å². The largest absolute Gasteiger partial charge is 0.466 e. The van der Waals surface area contributed by atoms with Crippen LogP contribution in [-0.2, 0) is 29.8 Å². The summed E-state index contributed by atoms with van der Waals surface area (Å²) in [5.74, 6) is -1.31. The Morgan fingerprint density at radius 3 is 2.38 bits per heavy atom. The first-order valence-corrected chi connectivity index (χ1v) is 10.7. The molecule has 0 spiro atoms. The summed E-state index contributed by atoms with van der Waals surface area (Å²) in [6.45, 7) is 1.73. The van der Waals surface area contributed by atoms with Gasteiger partial charge in [0.1, 0.15) is 7.14 Å². The van der Waals surface area contributed by atoms with E-state index < -0.39 is 30.2 Å². The van der Waals surface area contributed by atoms with Crippen LogP contribution in [0.5, 0.6) is 0 Å². The monoisotopic (exact) mass is 394 g/mol. The molecule has 1 aromatic rings. The molecule has 3 atom stereocenters. The average Bonchev–Trinajstić information content (AvgIpc) is 2.62. The van der Waals surface area contributed by atoms with Crippen molar-refractivity contribution in [1.82, 2.24) is 0 Å². The second-order valence-corrected chi connectivity index (χ2v) is 10.3. The molecule has 2 heterocycles. The number of hydrogen-bond acceptors (Lipinski definition) is 5. The van der Waals surface area contributed by atoms with Gasteiger partial charge in [0, 0.05) is 22.8 Å². The van der Waals surface area contributed by atoms with Crippen LogP contribution < -0.4 is 0 Å². The molecule has 0 N–H and O–H groups in total. The van der Waals surface area contributed by atoms with Gasteiger partial charge < -0.3 is 14.0 Å². The van der Waals surface area contributed by atoms with Crippen molar-refractivity contribution in [2.24, 2.45) is 5.41 Å². The van der Waals surface area contributed by atoms with E-state index in [0.717, 1.165) is 5.56 Å². The first kappa shape index (κ1) is 18.9. The third-order valence-corrected chi connectivity index (χ3v) is 9.16. The molecule has 0 saturated carbocycles. The lowest BCUT2D eigenvalue weighted by Crippen LogP contribution is -2.44. The van der Waals surface area contributed by atoms with E-state index in [-0.39, 0.29) is 17.3 Å². The van der Waals surface area contributed by atoms with Crippen LogP contribution in [0.15, 0.2) is 52.6 Å². The van der Waals surface area contributed by atoms with E-state index >= 15 is 0 Å². The van der Waals surface area contributed by atoms with E-state index in [1.54, 1.807) is 13.0 Å². The lowest BCUT2D eigenvalue weighted by atomic mass is 9.75. The first-order valence-electron chi connectivity index (χ1n) is 8.17. The van der Waals surface area contributed by atoms with Crippen molar-refractivity contribution in [3.05, 3.63) is 58.1 Å². The quantitative estimate of drug-likeness (QED) is 0.575. The molecule has 2 aliphatic heterocycles. The van der Waals surface area contributed by atoms with Gasteiger partial charge in [-0.25, -0.2) is 9.59 Å². The van der Waals surface area contributed by atoms with E-state index in [2.05, 4.69) is 0 Å². The van der Waals surface area contributed by atoms with Crippen molar-refractivity contribution in [2.45, 2.75) is 18.7 Å². The Kier molecular flexibility index (Phi) is 4.89. The van der Waals surface area contributed by atoms with Gasteiger partial charge in [-0.15, -0.1) is 0 Å². The van der Waals surface area contributed by atoms with Crippen LogP contribution in [0.2, 0.25) is 0 Å². The fourth-order valence-electron chi connectivity index (χ4n) is 3.95. The molecule has 2 bridgehead atoms. The van der Waals surface area contributed by atoms with Crippen LogP contribution >= 0.6 is 18.7 Å². The van der Waals surface area contributed by atoms with E-state index in [1.807, 2.05) is 30.3 Å². The molecule has 138 valence electrons. The summed E-state index contributed by atoms with van der Waals surface area (Å²) in [5.41, 5.74) is -0.600. The van der Waals surface area contributed by atoms with Crippen molar-refractivity contribution in [3.8, 4) is 0 Å². The molecule has 1 aromatic carbocycles. The number of fused-ring (bicyclic) bond motifs is 1. The van der Waals surface area contributed by atoms with Crippen LogP contribution in [0.1, 0.15) is 12.5 Å². The summed E-state index contributed by atoms with van der Waals surface area (Å²) in [7, 11) is -0.451. The lowest BCUT2D eigenvalue weighted by Gasteiger charge is -2.47. The minimum atomic E-state index is -2.94. The van der Waals surface area contributed by atoms with Crippen LogP contribution in [0.25, 0.3) is 0 Å². The first-order chi connectivity index (χ1) is 12.3. The molecule has 3 aliphatic rings. The third-order valence-electron chi connectivity index (χ3n) is 5.13. The van der Waals surface area contributed by atoms with Gasteiger partial charge in [-0.2, -0.15) is 0 Å². The number of carbonyl (C=O) groups excluding carboxylic acids is 2. The van der Waals surface area contributed by atoms with Crippen LogP contribution in [0.4, 0.5) is 0 Å². The number of rotatable bonds is 4. The predicted octanol–water partition coefficient (Wildman–Crippen LogP) is 3.72. The van der Waals surface area contributed by atoms with Crippen molar-refractivity contribution in [1.29, 1.82) is 0 Å². The molecule has 7 heteroatoms.